The fourth-order valence-electron chi connectivity index (χ4n) is 2.62. The Balaban J connectivity index is 1.50. The highest BCUT2D eigenvalue weighted by Gasteiger charge is 2.13. The lowest BCUT2D eigenvalue weighted by Gasteiger charge is -2.27. The highest BCUT2D eigenvalue weighted by molar-refractivity contribution is 5.84. The first-order valence-electron chi connectivity index (χ1n) is 8.07. The molecule has 0 aliphatic carbocycles. The first-order chi connectivity index (χ1) is 11.3. The fraction of sp³-hybridized carbons (Fsp3) is 0.667. The van der Waals surface area contributed by atoms with Crippen LogP contribution in [-0.2, 0) is 9.47 Å². The van der Waals surface area contributed by atoms with Crippen molar-refractivity contribution in [3.63, 3.8) is 0 Å². The van der Waals surface area contributed by atoms with Gasteiger partial charge in [-0.2, -0.15) is 5.10 Å². The van der Waals surface area contributed by atoms with Gasteiger partial charge in [0.05, 0.1) is 26.4 Å². The number of morpholine rings is 2. The number of nitrogens with zero attached hydrogens (tertiary/aromatic N) is 5. The molecule has 0 amide bonds. The predicted molar refractivity (Wildman–Crippen MR) is 89.1 cm³/mol. The van der Waals surface area contributed by atoms with Gasteiger partial charge in [-0.1, -0.05) is 0 Å². The van der Waals surface area contributed by atoms with E-state index in [1.165, 1.54) is 0 Å². The molecule has 0 spiro atoms. The third kappa shape index (κ3) is 4.85. The number of nitrogens with one attached hydrogen (secondary N) is 1. The van der Waals surface area contributed by atoms with Gasteiger partial charge in [-0.3, -0.25) is 10.3 Å². The van der Waals surface area contributed by atoms with E-state index in [9.17, 15) is 0 Å². The summed E-state index contributed by atoms with van der Waals surface area (Å²) in [5, 5.41) is 12.8. The maximum absolute atomic E-state index is 5.34. The van der Waals surface area contributed by atoms with Crippen LogP contribution in [-0.4, -0.2) is 80.0 Å². The summed E-state index contributed by atoms with van der Waals surface area (Å²) >= 11 is 0. The Morgan fingerprint density at radius 3 is 2.43 bits per heavy atom. The first kappa shape index (κ1) is 16.1. The number of ether oxygens (including phenoxy) is 2. The van der Waals surface area contributed by atoms with Gasteiger partial charge in [0.25, 0.3) is 0 Å². The van der Waals surface area contributed by atoms with E-state index < -0.39 is 0 Å². The second kappa shape index (κ2) is 8.19. The maximum Gasteiger partial charge on any atom is 0.168 e. The van der Waals surface area contributed by atoms with Crippen LogP contribution < -0.4 is 10.3 Å². The molecule has 0 aromatic carbocycles. The third-order valence-electron chi connectivity index (χ3n) is 3.90. The molecule has 2 aliphatic heterocycles. The summed E-state index contributed by atoms with van der Waals surface area (Å²) in [6, 6.07) is 3.87. The summed E-state index contributed by atoms with van der Waals surface area (Å²) in [5.74, 6) is 1.54. The van der Waals surface area contributed by atoms with Gasteiger partial charge in [-0.15, -0.1) is 10.2 Å². The summed E-state index contributed by atoms with van der Waals surface area (Å²) in [4.78, 5) is 4.50. The Bertz CT molecular complexity index is 509. The zero-order valence-corrected chi connectivity index (χ0v) is 13.6. The minimum Gasteiger partial charge on any atom is -0.379 e. The molecule has 2 saturated heterocycles. The Morgan fingerprint density at radius 1 is 1.09 bits per heavy atom. The molecule has 3 rings (SSSR count). The van der Waals surface area contributed by atoms with Crippen LogP contribution in [0.25, 0.3) is 0 Å². The average molecular weight is 320 g/mol. The highest BCUT2D eigenvalue weighted by Crippen LogP contribution is 2.13. The van der Waals surface area contributed by atoms with Crippen LogP contribution in [0.3, 0.4) is 0 Å². The highest BCUT2D eigenvalue weighted by atomic mass is 16.5. The summed E-state index contributed by atoms with van der Waals surface area (Å²) in [7, 11) is 0. The standard InChI is InChI=1S/C15H24N6O2/c1-13(12-20-4-8-22-9-5-20)16-17-14-2-3-15(19-18-14)21-6-10-23-11-7-21/h2-3H,4-12H2,1H3,(H,17,18)/b16-13-. The monoisotopic (exact) mass is 320 g/mol. The lowest BCUT2D eigenvalue weighted by Crippen LogP contribution is -2.39. The van der Waals surface area contributed by atoms with E-state index in [4.69, 9.17) is 9.47 Å². The maximum atomic E-state index is 5.34. The number of anilines is 2. The minimum absolute atomic E-state index is 0.656. The van der Waals surface area contributed by atoms with Crippen molar-refractivity contribution >= 4 is 17.3 Å². The summed E-state index contributed by atoms with van der Waals surface area (Å²) < 4.78 is 10.7. The van der Waals surface area contributed by atoms with Crippen LogP contribution in [0.1, 0.15) is 6.92 Å². The largest absolute Gasteiger partial charge is 0.379 e. The van der Waals surface area contributed by atoms with Crippen molar-refractivity contribution in [1.82, 2.24) is 15.1 Å². The van der Waals surface area contributed by atoms with Crippen molar-refractivity contribution in [2.45, 2.75) is 6.92 Å². The van der Waals surface area contributed by atoms with E-state index in [-0.39, 0.29) is 0 Å². The van der Waals surface area contributed by atoms with Crippen molar-refractivity contribution in [3.05, 3.63) is 12.1 Å². The summed E-state index contributed by atoms with van der Waals surface area (Å²) in [5.41, 5.74) is 4.00. The molecule has 0 unspecified atom stereocenters. The molecule has 2 aliphatic rings. The SMILES string of the molecule is C/C(CN1CCOCC1)=N/Nc1ccc(N2CCOCC2)nn1. The van der Waals surface area contributed by atoms with E-state index in [2.05, 4.69) is 30.5 Å². The second-order valence-electron chi connectivity index (χ2n) is 5.72. The van der Waals surface area contributed by atoms with Gasteiger partial charge in [-0.25, -0.2) is 0 Å². The van der Waals surface area contributed by atoms with Crippen LogP contribution >= 0.6 is 0 Å². The Morgan fingerprint density at radius 2 is 1.78 bits per heavy atom. The first-order valence-corrected chi connectivity index (χ1v) is 8.07. The quantitative estimate of drug-likeness (QED) is 0.623. The second-order valence-corrected chi connectivity index (χ2v) is 5.72. The van der Waals surface area contributed by atoms with Gasteiger partial charge in [0.15, 0.2) is 11.6 Å². The molecule has 0 saturated carbocycles. The molecular weight excluding hydrogens is 296 g/mol. The molecule has 8 heteroatoms. The fourth-order valence-corrected chi connectivity index (χ4v) is 2.62. The lowest BCUT2D eigenvalue weighted by atomic mass is 10.3. The van der Waals surface area contributed by atoms with Gasteiger partial charge in [0, 0.05) is 38.4 Å². The molecule has 23 heavy (non-hydrogen) atoms. The van der Waals surface area contributed by atoms with Gasteiger partial charge < -0.3 is 14.4 Å². The molecule has 3 heterocycles. The van der Waals surface area contributed by atoms with Gasteiger partial charge >= 0.3 is 0 Å². The molecule has 2 fully saturated rings. The topological polar surface area (TPSA) is 75.1 Å². The van der Waals surface area contributed by atoms with E-state index in [0.29, 0.717) is 5.82 Å². The summed E-state index contributed by atoms with van der Waals surface area (Å²) in [6.45, 7) is 9.58. The molecule has 0 radical (unpaired) electrons. The van der Waals surface area contributed by atoms with Crippen molar-refractivity contribution in [2.75, 3.05) is 69.5 Å². The molecule has 1 aromatic rings. The molecule has 0 atom stereocenters. The Labute approximate surface area is 136 Å². The van der Waals surface area contributed by atoms with E-state index in [0.717, 1.165) is 70.7 Å². The normalized spacial score (nSPS) is 20.6. The number of rotatable bonds is 5. The van der Waals surface area contributed by atoms with Crippen molar-refractivity contribution < 1.29 is 9.47 Å². The third-order valence-corrected chi connectivity index (χ3v) is 3.90. The lowest BCUT2D eigenvalue weighted by molar-refractivity contribution is 0.0452. The van der Waals surface area contributed by atoms with Crippen LogP contribution in [0, 0.1) is 0 Å². The average Bonchev–Trinajstić information content (AvgIpc) is 2.62. The van der Waals surface area contributed by atoms with Crippen LogP contribution in [0.15, 0.2) is 17.2 Å². The van der Waals surface area contributed by atoms with E-state index in [1.807, 2.05) is 19.1 Å². The van der Waals surface area contributed by atoms with Gasteiger partial charge in [-0.05, 0) is 19.1 Å². The van der Waals surface area contributed by atoms with Crippen molar-refractivity contribution in [1.29, 1.82) is 0 Å². The van der Waals surface area contributed by atoms with Crippen LogP contribution in [0.2, 0.25) is 0 Å². The molecule has 0 bridgehead atoms. The smallest absolute Gasteiger partial charge is 0.168 e. The number of hydrogen-bond donors (Lipinski definition) is 1. The van der Waals surface area contributed by atoms with Crippen LogP contribution in [0.5, 0.6) is 0 Å². The predicted octanol–water partition coefficient (Wildman–Crippen LogP) is 0.433. The zero-order chi connectivity index (χ0) is 15.9. The van der Waals surface area contributed by atoms with Crippen molar-refractivity contribution in [2.24, 2.45) is 5.10 Å². The molecule has 8 nitrogen and oxygen atoms in total. The Hall–Kier alpha value is -1.77. The number of hydrazone groups is 1. The molecule has 1 N–H and O–H groups in total. The number of aromatic nitrogens is 2. The number of hydrogen-bond acceptors (Lipinski definition) is 8. The zero-order valence-electron chi connectivity index (χ0n) is 13.6. The Kier molecular flexibility index (Phi) is 5.73. The van der Waals surface area contributed by atoms with Gasteiger partial charge in [0.2, 0.25) is 0 Å². The van der Waals surface area contributed by atoms with Gasteiger partial charge in [0.1, 0.15) is 0 Å². The molecule has 1 aromatic heterocycles. The minimum atomic E-state index is 0.656. The summed E-state index contributed by atoms with van der Waals surface area (Å²) in [6.07, 6.45) is 0. The van der Waals surface area contributed by atoms with E-state index in [1.54, 1.807) is 0 Å². The molecular formula is C15H24N6O2. The van der Waals surface area contributed by atoms with Crippen molar-refractivity contribution in [3.8, 4) is 0 Å². The van der Waals surface area contributed by atoms with Crippen LogP contribution in [0.4, 0.5) is 11.6 Å². The molecule has 126 valence electrons. The van der Waals surface area contributed by atoms with E-state index >= 15 is 0 Å².